The molecule has 20 heavy (non-hydrogen) atoms. The lowest BCUT2D eigenvalue weighted by Gasteiger charge is -2.24. The van der Waals surface area contributed by atoms with Crippen molar-refractivity contribution >= 4 is 11.9 Å². The summed E-state index contributed by atoms with van der Waals surface area (Å²) in [6.45, 7) is 3.34. The van der Waals surface area contributed by atoms with Crippen LogP contribution in [0.4, 0.5) is 0 Å². The largest absolute Gasteiger partial charge is 0.461 e. The van der Waals surface area contributed by atoms with Crippen LogP contribution in [0.25, 0.3) is 0 Å². The fraction of sp³-hybridized carbons (Fsp3) is 0.714. The van der Waals surface area contributed by atoms with Gasteiger partial charge in [-0.3, -0.25) is 14.5 Å². The van der Waals surface area contributed by atoms with Crippen LogP contribution in [0.2, 0.25) is 0 Å². The summed E-state index contributed by atoms with van der Waals surface area (Å²) >= 11 is 0. The van der Waals surface area contributed by atoms with Crippen molar-refractivity contribution < 1.29 is 24.2 Å². The van der Waals surface area contributed by atoms with Gasteiger partial charge in [0.15, 0.2) is 0 Å². The summed E-state index contributed by atoms with van der Waals surface area (Å²) < 4.78 is 10.7. The molecule has 3 heterocycles. The molecular weight excluding hydrogens is 262 g/mol. The number of nitrogens with zero attached hydrogens (tertiary/aromatic N) is 1. The molecule has 0 aromatic carbocycles. The highest BCUT2D eigenvalue weighted by Crippen LogP contribution is 2.32. The van der Waals surface area contributed by atoms with Gasteiger partial charge in [0.25, 0.3) is 0 Å². The second-order valence-electron chi connectivity index (χ2n) is 6.05. The van der Waals surface area contributed by atoms with E-state index in [9.17, 15) is 14.7 Å². The van der Waals surface area contributed by atoms with Crippen molar-refractivity contribution in [2.24, 2.45) is 0 Å². The van der Waals surface area contributed by atoms with Gasteiger partial charge in [-0.2, -0.15) is 0 Å². The van der Waals surface area contributed by atoms with Crippen molar-refractivity contribution in [2.75, 3.05) is 19.7 Å². The predicted octanol–water partition coefficient (Wildman–Crippen LogP) is 0.000500. The fourth-order valence-electron chi connectivity index (χ4n) is 3.24. The molecule has 0 saturated carbocycles. The van der Waals surface area contributed by atoms with Crippen molar-refractivity contribution in [3.63, 3.8) is 0 Å². The molecule has 3 atom stereocenters. The third kappa shape index (κ3) is 2.58. The number of hydrogen-bond acceptors (Lipinski definition) is 6. The SMILES string of the molecule is C[C@]1(O)CC(=O)OCC2=CCN3CC[C@@H](OC(=O)C1)[C@H]23. The summed E-state index contributed by atoms with van der Waals surface area (Å²) in [5.74, 6) is -0.943. The van der Waals surface area contributed by atoms with Gasteiger partial charge in [-0.05, 0) is 18.9 Å². The van der Waals surface area contributed by atoms with Crippen LogP contribution in [-0.2, 0) is 19.1 Å². The molecule has 0 aliphatic carbocycles. The van der Waals surface area contributed by atoms with E-state index in [-0.39, 0.29) is 31.6 Å². The van der Waals surface area contributed by atoms with Crippen LogP contribution in [0.15, 0.2) is 11.6 Å². The quantitative estimate of drug-likeness (QED) is 0.497. The first kappa shape index (κ1) is 13.6. The third-order valence-electron chi connectivity index (χ3n) is 4.15. The molecule has 0 aromatic rings. The molecule has 3 aliphatic heterocycles. The highest BCUT2D eigenvalue weighted by molar-refractivity contribution is 5.75. The summed E-state index contributed by atoms with van der Waals surface area (Å²) in [6.07, 6.45) is 2.22. The monoisotopic (exact) mass is 281 g/mol. The minimum atomic E-state index is -1.42. The number of rotatable bonds is 0. The zero-order valence-corrected chi connectivity index (χ0v) is 11.5. The van der Waals surface area contributed by atoms with Gasteiger partial charge >= 0.3 is 11.9 Å². The lowest BCUT2D eigenvalue weighted by molar-refractivity contribution is -0.156. The van der Waals surface area contributed by atoms with Crippen LogP contribution in [0.5, 0.6) is 0 Å². The molecule has 6 nitrogen and oxygen atoms in total. The van der Waals surface area contributed by atoms with E-state index in [1.54, 1.807) is 0 Å². The molecule has 0 bridgehead atoms. The van der Waals surface area contributed by atoms with Crippen LogP contribution in [-0.4, -0.2) is 59.4 Å². The van der Waals surface area contributed by atoms with Crippen LogP contribution in [0, 0.1) is 0 Å². The summed E-state index contributed by atoms with van der Waals surface area (Å²) in [5, 5.41) is 10.1. The molecule has 3 aliphatic rings. The number of ether oxygens (including phenoxy) is 2. The Kier molecular flexibility index (Phi) is 3.30. The van der Waals surface area contributed by atoms with Gasteiger partial charge in [-0.1, -0.05) is 6.08 Å². The molecule has 110 valence electrons. The molecule has 6 heteroatoms. The lowest BCUT2D eigenvalue weighted by atomic mass is 9.98. The fourth-order valence-corrected chi connectivity index (χ4v) is 3.24. The molecule has 0 unspecified atom stereocenters. The number of cyclic esters (lactones) is 1. The Morgan fingerprint density at radius 1 is 1.35 bits per heavy atom. The van der Waals surface area contributed by atoms with E-state index >= 15 is 0 Å². The smallest absolute Gasteiger partial charge is 0.309 e. The second-order valence-corrected chi connectivity index (χ2v) is 6.05. The predicted molar refractivity (Wildman–Crippen MR) is 68.8 cm³/mol. The van der Waals surface area contributed by atoms with Crippen LogP contribution in [0.1, 0.15) is 26.2 Å². The van der Waals surface area contributed by atoms with E-state index in [2.05, 4.69) is 4.90 Å². The molecule has 3 rings (SSSR count). The molecular formula is C14H19NO5. The molecule has 2 fully saturated rings. The number of carbonyl (C=O) groups excluding carboxylic acids is 2. The summed E-state index contributed by atoms with van der Waals surface area (Å²) in [6, 6.07) is 0.0230. The van der Waals surface area contributed by atoms with Gasteiger partial charge in [-0.25, -0.2) is 0 Å². The average molecular weight is 281 g/mol. The van der Waals surface area contributed by atoms with E-state index in [1.165, 1.54) is 6.92 Å². The Hall–Kier alpha value is -1.40. The second kappa shape index (κ2) is 4.86. The molecule has 1 N–H and O–H groups in total. The maximum absolute atomic E-state index is 11.9. The highest BCUT2D eigenvalue weighted by atomic mass is 16.6. The normalized spacial score (nSPS) is 38.6. The summed E-state index contributed by atoms with van der Waals surface area (Å²) in [5.41, 5.74) is -0.421. The number of esters is 2. The van der Waals surface area contributed by atoms with Gasteiger partial charge in [0, 0.05) is 13.1 Å². The molecule has 0 radical (unpaired) electrons. The zero-order chi connectivity index (χ0) is 14.3. The first-order valence-corrected chi connectivity index (χ1v) is 6.95. The maximum Gasteiger partial charge on any atom is 0.309 e. The molecule has 0 spiro atoms. The standard InChI is InChI=1S/C14H19NO5/c1-14(18)6-11(16)19-8-9-2-4-15-5-3-10(13(9)15)20-12(17)7-14/h2,10,13,18H,3-8H2,1H3/t10-,13+,14+/m1/s1. The van der Waals surface area contributed by atoms with Crippen LogP contribution in [0.3, 0.4) is 0 Å². The average Bonchev–Trinajstić information content (AvgIpc) is 2.87. The Balaban J connectivity index is 1.83. The highest BCUT2D eigenvalue weighted by Gasteiger charge is 2.43. The summed E-state index contributed by atoms with van der Waals surface area (Å²) in [7, 11) is 0. The van der Waals surface area contributed by atoms with Crippen molar-refractivity contribution in [1.29, 1.82) is 0 Å². The van der Waals surface area contributed by atoms with Gasteiger partial charge in [0.2, 0.25) is 0 Å². The molecule has 0 amide bonds. The van der Waals surface area contributed by atoms with Gasteiger partial charge < -0.3 is 14.6 Å². The summed E-state index contributed by atoms with van der Waals surface area (Å²) in [4.78, 5) is 25.9. The Morgan fingerprint density at radius 2 is 2.10 bits per heavy atom. The van der Waals surface area contributed by atoms with Crippen molar-refractivity contribution in [3.05, 3.63) is 11.6 Å². The van der Waals surface area contributed by atoms with Crippen LogP contribution >= 0.6 is 0 Å². The Labute approximate surface area is 117 Å². The first-order chi connectivity index (χ1) is 9.44. The minimum absolute atomic E-state index is 0.0230. The van der Waals surface area contributed by atoms with E-state index in [1.807, 2.05) is 6.08 Å². The minimum Gasteiger partial charge on any atom is -0.461 e. The topological polar surface area (TPSA) is 76.1 Å². The van der Waals surface area contributed by atoms with Gasteiger partial charge in [-0.15, -0.1) is 0 Å². The van der Waals surface area contributed by atoms with E-state index in [0.717, 1.165) is 25.1 Å². The van der Waals surface area contributed by atoms with Crippen molar-refractivity contribution in [3.8, 4) is 0 Å². The number of hydrogen-bond donors (Lipinski definition) is 1. The van der Waals surface area contributed by atoms with Gasteiger partial charge in [0.1, 0.15) is 12.7 Å². The van der Waals surface area contributed by atoms with E-state index in [4.69, 9.17) is 9.47 Å². The Morgan fingerprint density at radius 3 is 2.90 bits per heavy atom. The van der Waals surface area contributed by atoms with E-state index < -0.39 is 17.5 Å². The lowest BCUT2D eigenvalue weighted by Crippen LogP contribution is -2.37. The zero-order valence-electron chi connectivity index (χ0n) is 11.5. The van der Waals surface area contributed by atoms with Crippen molar-refractivity contribution in [2.45, 2.75) is 43.9 Å². The van der Waals surface area contributed by atoms with Gasteiger partial charge in [0.05, 0.1) is 24.5 Å². The maximum atomic E-state index is 11.9. The number of aliphatic hydroxyl groups is 1. The molecule has 0 aromatic heterocycles. The first-order valence-electron chi connectivity index (χ1n) is 6.95. The molecule has 2 saturated heterocycles. The van der Waals surface area contributed by atoms with Crippen molar-refractivity contribution in [1.82, 2.24) is 4.90 Å². The van der Waals surface area contributed by atoms with Crippen LogP contribution < -0.4 is 0 Å². The van der Waals surface area contributed by atoms with E-state index in [0.29, 0.717) is 0 Å². The Bertz CT molecular complexity index is 470. The third-order valence-corrected chi connectivity index (χ3v) is 4.15. The number of carbonyl (C=O) groups is 2.